The highest BCUT2D eigenvalue weighted by Gasteiger charge is 2.48. The van der Waals surface area contributed by atoms with Crippen molar-refractivity contribution in [2.75, 3.05) is 39.3 Å². The molecule has 1 atom stereocenters. The lowest BCUT2D eigenvalue weighted by Gasteiger charge is -2.39. The molecule has 0 aliphatic carbocycles. The number of hydrogen-bond acceptors (Lipinski definition) is 6. The Hall–Kier alpha value is -1.96. The standard InChI is InChI=1S/C26H36ClN5O2/c1-19(2)24-28-29-25(34-24)22-15-26(18-32(22)17-23(33)31-11-5-6-12-31)9-13-30(14-10-26)16-20-7-3-4-8-21(20)27/h3-4,7-8,19,22H,5-6,9-18H2,1-2H3. The van der Waals surface area contributed by atoms with E-state index in [-0.39, 0.29) is 23.3 Å². The van der Waals surface area contributed by atoms with Gasteiger partial charge in [-0.3, -0.25) is 14.6 Å². The van der Waals surface area contributed by atoms with Gasteiger partial charge in [0.15, 0.2) is 0 Å². The van der Waals surface area contributed by atoms with Crippen LogP contribution in [0.4, 0.5) is 0 Å². The molecule has 1 aromatic carbocycles. The second-order valence-electron chi connectivity index (χ2n) is 10.7. The van der Waals surface area contributed by atoms with Gasteiger partial charge in [-0.1, -0.05) is 43.6 Å². The average molecular weight is 486 g/mol. The van der Waals surface area contributed by atoms with Crippen LogP contribution in [-0.4, -0.2) is 70.1 Å². The molecule has 5 rings (SSSR count). The number of hydrogen-bond donors (Lipinski definition) is 0. The second kappa shape index (κ2) is 9.96. The zero-order chi connectivity index (χ0) is 23.7. The summed E-state index contributed by atoms with van der Waals surface area (Å²) in [5, 5.41) is 9.56. The molecular formula is C26H36ClN5O2. The summed E-state index contributed by atoms with van der Waals surface area (Å²) >= 11 is 6.40. The van der Waals surface area contributed by atoms with Gasteiger partial charge in [-0.05, 0) is 62.2 Å². The molecule has 1 unspecified atom stereocenters. The van der Waals surface area contributed by atoms with Gasteiger partial charge in [0, 0.05) is 37.1 Å². The maximum Gasteiger partial charge on any atom is 0.236 e. The lowest BCUT2D eigenvalue weighted by molar-refractivity contribution is -0.131. The van der Waals surface area contributed by atoms with Crippen LogP contribution in [0.15, 0.2) is 28.7 Å². The molecular weight excluding hydrogens is 450 g/mol. The molecule has 2 aromatic rings. The zero-order valence-electron chi connectivity index (χ0n) is 20.4. The van der Waals surface area contributed by atoms with Crippen LogP contribution in [0.2, 0.25) is 5.02 Å². The molecule has 3 fully saturated rings. The zero-order valence-corrected chi connectivity index (χ0v) is 21.1. The van der Waals surface area contributed by atoms with Gasteiger partial charge in [0.25, 0.3) is 0 Å². The van der Waals surface area contributed by atoms with Crippen LogP contribution in [0, 0.1) is 5.41 Å². The van der Waals surface area contributed by atoms with E-state index in [9.17, 15) is 4.79 Å². The third kappa shape index (κ3) is 5.02. The van der Waals surface area contributed by atoms with Crippen molar-refractivity contribution in [3.05, 3.63) is 46.6 Å². The van der Waals surface area contributed by atoms with Crippen LogP contribution in [0.3, 0.4) is 0 Å². The maximum atomic E-state index is 13.0. The summed E-state index contributed by atoms with van der Waals surface area (Å²) in [6.07, 6.45) is 5.41. The number of likely N-dealkylation sites (tertiary alicyclic amines) is 3. The van der Waals surface area contributed by atoms with E-state index < -0.39 is 0 Å². The Morgan fingerprint density at radius 3 is 2.56 bits per heavy atom. The molecule has 0 saturated carbocycles. The van der Waals surface area contributed by atoms with Gasteiger partial charge in [0.05, 0.1) is 12.6 Å². The average Bonchev–Trinajstić information content (AvgIpc) is 3.57. The highest BCUT2D eigenvalue weighted by Crippen LogP contribution is 2.49. The highest BCUT2D eigenvalue weighted by atomic mass is 35.5. The third-order valence-electron chi connectivity index (χ3n) is 7.91. The molecule has 1 amide bonds. The molecule has 0 radical (unpaired) electrons. The van der Waals surface area contributed by atoms with E-state index >= 15 is 0 Å². The number of benzene rings is 1. The van der Waals surface area contributed by atoms with E-state index in [2.05, 4.69) is 46.0 Å². The van der Waals surface area contributed by atoms with Gasteiger partial charge in [-0.25, -0.2) is 0 Å². The molecule has 1 spiro atoms. The largest absolute Gasteiger partial charge is 0.423 e. The summed E-state index contributed by atoms with van der Waals surface area (Å²) in [6, 6.07) is 8.14. The molecule has 4 heterocycles. The van der Waals surface area contributed by atoms with Gasteiger partial charge < -0.3 is 9.32 Å². The topological polar surface area (TPSA) is 65.7 Å². The fraction of sp³-hybridized carbons (Fsp3) is 0.654. The number of carbonyl (C=O) groups is 1. The first-order valence-electron chi connectivity index (χ1n) is 12.7. The van der Waals surface area contributed by atoms with Crippen LogP contribution in [0.25, 0.3) is 0 Å². The molecule has 34 heavy (non-hydrogen) atoms. The van der Waals surface area contributed by atoms with Crippen LogP contribution < -0.4 is 0 Å². The molecule has 3 aliphatic heterocycles. The fourth-order valence-electron chi connectivity index (χ4n) is 5.82. The highest BCUT2D eigenvalue weighted by molar-refractivity contribution is 6.31. The van der Waals surface area contributed by atoms with E-state index in [0.29, 0.717) is 18.3 Å². The SMILES string of the molecule is CC(C)c1nnc(C2CC3(CCN(Cc4ccccc4Cl)CC3)CN2CC(=O)N2CCCC2)o1. The molecule has 0 bridgehead atoms. The number of carbonyl (C=O) groups excluding carboxylic acids is 1. The Balaban J connectivity index is 1.29. The Bertz CT molecular complexity index is 995. The van der Waals surface area contributed by atoms with E-state index in [1.54, 1.807) is 0 Å². The number of halogens is 1. The van der Waals surface area contributed by atoms with Gasteiger partial charge in [0.2, 0.25) is 17.7 Å². The van der Waals surface area contributed by atoms with Gasteiger partial charge in [-0.2, -0.15) is 0 Å². The van der Waals surface area contributed by atoms with Gasteiger partial charge >= 0.3 is 0 Å². The summed E-state index contributed by atoms with van der Waals surface area (Å²) in [4.78, 5) is 19.9. The summed E-state index contributed by atoms with van der Waals surface area (Å²) in [5.74, 6) is 1.79. The lowest BCUT2D eigenvalue weighted by atomic mass is 9.76. The van der Waals surface area contributed by atoms with Crippen LogP contribution >= 0.6 is 11.6 Å². The minimum Gasteiger partial charge on any atom is -0.423 e. The maximum absolute atomic E-state index is 13.0. The molecule has 3 saturated heterocycles. The van der Waals surface area contributed by atoms with E-state index in [0.717, 1.165) is 76.4 Å². The minimum absolute atomic E-state index is 0.0154. The third-order valence-corrected chi connectivity index (χ3v) is 8.28. The Kier molecular flexibility index (Phi) is 6.96. The lowest BCUT2D eigenvalue weighted by Crippen LogP contribution is -2.43. The number of rotatable bonds is 6. The Morgan fingerprint density at radius 2 is 1.88 bits per heavy atom. The monoisotopic (exact) mass is 485 g/mol. The summed E-state index contributed by atoms with van der Waals surface area (Å²) in [7, 11) is 0. The number of amides is 1. The predicted molar refractivity (Wildman–Crippen MR) is 132 cm³/mol. The first-order valence-corrected chi connectivity index (χ1v) is 13.1. The Morgan fingerprint density at radius 1 is 1.15 bits per heavy atom. The van der Waals surface area contributed by atoms with E-state index in [4.69, 9.17) is 16.0 Å². The van der Waals surface area contributed by atoms with Crippen molar-refractivity contribution < 1.29 is 9.21 Å². The quantitative estimate of drug-likeness (QED) is 0.600. The number of nitrogens with zero attached hydrogens (tertiary/aromatic N) is 5. The number of aromatic nitrogens is 2. The van der Waals surface area contributed by atoms with E-state index in [1.165, 1.54) is 5.56 Å². The minimum atomic E-state index is 0.0154. The van der Waals surface area contributed by atoms with Gasteiger partial charge in [-0.15, -0.1) is 10.2 Å². The summed E-state index contributed by atoms with van der Waals surface area (Å²) < 4.78 is 6.10. The second-order valence-corrected chi connectivity index (χ2v) is 11.1. The van der Waals surface area contributed by atoms with Crippen molar-refractivity contribution in [3.8, 4) is 0 Å². The van der Waals surface area contributed by atoms with Crippen molar-refractivity contribution in [2.45, 2.75) is 64.5 Å². The van der Waals surface area contributed by atoms with Crippen molar-refractivity contribution in [2.24, 2.45) is 5.41 Å². The fourth-order valence-corrected chi connectivity index (χ4v) is 6.02. The van der Waals surface area contributed by atoms with Crippen LogP contribution in [0.5, 0.6) is 0 Å². The van der Waals surface area contributed by atoms with Gasteiger partial charge in [0.1, 0.15) is 0 Å². The summed E-state index contributed by atoms with van der Waals surface area (Å²) in [5.41, 5.74) is 1.37. The molecule has 7 nitrogen and oxygen atoms in total. The van der Waals surface area contributed by atoms with Crippen molar-refractivity contribution in [3.63, 3.8) is 0 Å². The predicted octanol–water partition coefficient (Wildman–Crippen LogP) is 4.50. The van der Waals surface area contributed by atoms with E-state index in [1.807, 2.05) is 17.0 Å². The van der Waals surface area contributed by atoms with Crippen LogP contribution in [0.1, 0.15) is 75.3 Å². The molecule has 1 aromatic heterocycles. The Labute approximate surface area is 207 Å². The molecule has 184 valence electrons. The molecule has 8 heteroatoms. The first-order chi connectivity index (χ1) is 16.4. The van der Waals surface area contributed by atoms with Crippen molar-refractivity contribution >= 4 is 17.5 Å². The summed E-state index contributed by atoms with van der Waals surface area (Å²) in [6.45, 7) is 10.2. The molecule has 0 N–H and O–H groups in total. The normalized spacial score (nSPS) is 23.4. The van der Waals surface area contributed by atoms with Crippen molar-refractivity contribution in [1.82, 2.24) is 24.9 Å². The van der Waals surface area contributed by atoms with Crippen molar-refractivity contribution in [1.29, 1.82) is 0 Å². The first kappa shape index (κ1) is 23.8. The van der Waals surface area contributed by atoms with Crippen LogP contribution in [-0.2, 0) is 11.3 Å². The smallest absolute Gasteiger partial charge is 0.236 e. The number of piperidine rings is 1. The molecule has 3 aliphatic rings.